The maximum Gasteiger partial charge on any atom is 0.223 e. The van der Waals surface area contributed by atoms with Crippen LogP contribution in [0.1, 0.15) is 56.1 Å². The van der Waals surface area contributed by atoms with Gasteiger partial charge in [-0.3, -0.25) is 14.6 Å². The van der Waals surface area contributed by atoms with Gasteiger partial charge in [-0.25, -0.2) is 0 Å². The number of nitrogens with zero attached hydrogens (tertiary/aromatic N) is 2. The van der Waals surface area contributed by atoms with E-state index in [9.17, 15) is 9.59 Å². The molecule has 1 saturated carbocycles. The minimum atomic E-state index is -0.0772. The first-order chi connectivity index (χ1) is 11.1. The summed E-state index contributed by atoms with van der Waals surface area (Å²) in [6.07, 6.45) is 9.90. The lowest BCUT2D eigenvalue weighted by Crippen LogP contribution is -2.38. The third kappa shape index (κ3) is 5.34. The molecule has 1 N–H and O–H groups in total. The SMILES string of the molecule is Cc1cnccc1CNC(=O)CCC(=O)N(C)C1CCCCC1. The molecule has 1 aromatic rings. The second kappa shape index (κ2) is 8.65. The molecule has 126 valence electrons. The Morgan fingerprint density at radius 1 is 1.26 bits per heavy atom. The first-order valence-electron chi connectivity index (χ1n) is 8.50. The van der Waals surface area contributed by atoms with Gasteiger partial charge in [0.1, 0.15) is 0 Å². The summed E-state index contributed by atoms with van der Waals surface area (Å²) in [6.45, 7) is 2.46. The number of aromatic nitrogens is 1. The van der Waals surface area contributed by atoms with Gasteiger partial charge in [0, 0.05) is 44.9 Å². The molecule has 1 aliphatic rings. The van der Waals surface area contributed by atoms with E-state index < -0.39 is 0 Å². The zero-order valence-corrected chi connectivity index (χ0v) is 14.2. The monoisotopic (exact) mass is 317 g/mol. The lowest BCUT2D eigenvalue weighted by atomic mass is 9.94. The number of carbonyl (C=O) groups is 2. The molecule has 23 heavy (non-hydrogen) atoms. The van der Waals surface area contributed by atoms with Crippen LogP contribution in [0.5, 0.6) is 0 Å². The average Bonchev–Trinajstić information content (AvgIpc) is 2.59. The van der Waals surface area contributed by atoms with E-state index in [1.807, 2.05) is 24.9 Å². The van der Waals surface area contributed by atoms with Gasteiger partial charge >= 0.3 is 0 Å². The molecule has 0 saturated heterocycles. The summed E-state index contributed by atoms with van der Waals surface area (Å²) in [5, 5.41) is 2.88. The van der Waals surface area contributed by atoms with E-state index in [0.29, 0.717) is 12.6 Å². The zero-order chi connectivity index (χ0) is 16.7. The van der Waals surface area contributed by atoms with Gasteiger partial charge in [-0.05, 0) is 37.0 Å². The molecule has 0 aromatic carbocycles. The smallest absolute Gasteiger partial charge is 0.223 e. The Labute approximate surface area is 138 Å². The van der Waals surface area contributed by atoms with Gasteiger partial charge in [-0.1, -0.05) is 19.3 Å². The maximum atomic E-state index is 12.2. The summed E-state index contributed by atoms with van der Waals surface area (Å²) < 4.78 is 0. The number of rotatable bonds is 6. The van der Waals surface area contributed by atoms with Crippen molar-refractivity contribution in [3.63, 3.8) is 0 Å². The van der Waals surface area contributed by atoms with E-state index >= 15 is 0 Å². The molecule has 2 rings (SSSR count). The zero-order valence-electron chi connectivity index (χ0n) is 14.2. The fourth-order valence-corrected chi connectivity index (χ4v) is 3.05. The van der Waals surface area contributed by atoms with Gasteiger partial charge in [0.15, 0.2) is 0 Å². The van der Waals surface area contributed by atoms with Crippen molar-refractivity contribution >= 4 is 11.8 Å². The first kappa shape index (κ1) is 17.4. The molecule has 1 heterocycles. The quantitative estimate of drug-likeness (QED) is 0.877. The summed E-state index contributed by atoms with van der Waals surface area (Å²) in [7, 11) is 1.87. The summed E-state index contributed by atoms with van der Waals surface area (Å²) in [5.41, 5.74) is 2.11. The van der Waals surface area contributed by atoms with Crippen molar-refractivity contribution in [1.29, 1.82) is 0 Å². The Balaban J connectivity index is 1.71. The molecular weight excluding hydrogens is 290 g/mol. The molecule has 1 aliphatic carbocycles. The number of nitrogens with one attached hydrogen (secondary N) is 1. The summed E-state index contributed by atoms with van der Waals surface area (Å²) in [6, 6.07) is 2.26. The highest BCUT2D eigenvalue weighted by atomic mass is 16.2. The topological polar surface area (TPSA) is 62.3 Å². The standard InChI is InChI=1S/C18H27N3O2/c1-14-12-19-11-10-15(14)13-20-17(22)8-9-18(23)21(2)16-6-4-3-5-7-16/h10-12,16H,3-9,13H2,1-2H3,(H,20,22). The van der Waals surface area contributed by atoms with E-state index in [1.54, 1.807) is 12.4 Å². The molecule has 5 heteroatoms. The van der Waals surface area contributed by atoms with Gasteiger partial charge in [0.25, 0.3) is 0 Å². The third-order valence-corrected chi connectivity index (χ3v) is 4.69. The van der Waals surface area contributed by atoms with Gasteiger partial charge in [-0.15, -0.1) is 0 Å². The van der Waals surface area contributed by atoms with Crippen molar-refractivity contribution in [1.82, 2.24) is 15.2 Å². The van der Waals surface area contributed by atoms with Crippen LogP contribution in [0.15, 0.2) is 18.5 Å². The fourth-order valence-electron chi connectivity index (χ4n) is 3.05. The van der Waals surface area contributed by atoms with Crippen LogP contribution in [0.4, 0.5) is 0 Å². The van der Waals surface area contributed by atoms with E-state index in [4.69, 9.17) is 0 Å². The molecule has 0 radical (unpaired) electrons. The number of pyridine rings is 1. The lowest BCUT2D eigenvalue weighted by molar-refractivity contribution is -0.134. The van der Waals surface area contributed by atoms with Crippen LogP contribution >= 0.6 is 0 Å². The number of aryl methyl sites for hydroxylation is 1. The molecule has 0 atom stereocenters. The Hall–Kier alpha value is -1.91. The van der Waals surface area contributed by atoms with Crippen LogP contribution in [0.25, 0.3) is 0 Å². The molecule has 1 fully saturated rings. The molecule has 0 unspecified atom stereocenters. The van der Waals surface area contributed by atoms with Crippen LogP contribution in [0.2, 0.25) is 0 Å². The molecule has 1 aromatic heterocycles. The fraction of sp³-hybridized carbons (Fsp3) is 0.611. The van der Waals surface area contributed by atoms with Crippen molar-refractivity contribution in [2.24, 2.45) is 0 Å². The molecule has 0 aliphatic heterocycles. The number of carbonyl (C=O) groups excluding carboxylic acids is 2. The minimum absolute atomic E-state index is 0.0761. The third-order valence-electron chi connectivity index (χ3n) is 4.69. The van der Waals surface area contributed by atoms with Gasteiger partial charge in [0.05, 0.1) is 0 Å². The highest BCUT2D eigenvalue weighted by molar-refractivity contribution is 5.83. The van der Waals surface area contributed by atoms with Crippen LogP contribution in [-0.4, -0.2) is 34.8 Å². The molecular formula is C18H27N3O2. The molecule has 5 nitrogen and oxygen atoms in total. The Kier molecular flexibility index (Phi) is 6.56. The number of hydrogen-bond acceptors (Lipinski definition) is 3. The highest BCUT2D eigenvalue weighted by Gasteiger charge is 2.22. The minimum Gasteiger partial charge on any atom is -0.352 e. The summed E-state index contributed by atoms with van der Waals surface area (Å²) >= 11 is 0. The average molecular weight is 317 g/mol. The van der Waals surface area contributed by atoms with Crippen molar-refractivity contribution in [3.8, 4) is 0 Å². The second-order valence-electron chi connectivity index (χ2n) is 6.38. The predicted octanol–water partition coefficient (Wildman–Crippen LogP) is 2.58. The first-order valence-corrected chi connectivity index (χ1v) is 8.50. The van der Waals surface area contributed by atoms with E-state index in [1.165, 1.54) is 19.3 Å². The van der Waals surface area contributed by atoms with E-state index in [0.717, 1.165) is 24.0 Å². The normalized spacial score (nSPS) is 15.2. The van der Waals surface area contributed by atoms with Crippen LogP contribution in [0.3, 0.4) is 0 Å². The largest absolute Gasteiger partial charge is 0.352 e. The van der Waals surface area contributed by atoms with E-state index in [-0.39, 0.29) is 24.7 Å². The van der Waals surface area contributed by atoms with Gasteiger partial charge in [0.2, 0.25) is 11.8 Å². The van der Waals surface area contributed by atoms with Gasteiger partial charge in [-0.2, -0.15) is 0 Å². The summed E-state index contributed by atoms with van der Waals surface area (Å²) in [4.78, 5) is 30.0. The van der Waals surface area contributed by atoms with Gasteiger partial charge < -0.3 is 10.2 Å². The molecule has 0 spiro atoms. The highest BCUT2D eigenvalue weighted by Crippen LogP contribution is 2.22. The molecule has 0 bridgehead atoms. The van der Waals surface area contributed by atoms with Crippen molar-refractivity contribution in [2.45, 2.75) is 64.5 Å². The lowest BCUT2D eigenvalue weighted by Gasteiger charge is -2.31. The molecule has 2 amide bonds. The van der Waals surface area contributed by atoms with Crippen LogP contribution < -0.4 is 5.32 Å². The van der Waals surface area contributed by atoms with Crippen LogP contribution in [-0.2, 0) is 16.1 Å². The number of amides is 2. The second-order valence-corrected chi connectivity index (χ2v) is 6.38. The maximum absolute atomic E-state index is 12.2. The van der Waals surface area contributed by atoms with E-state index in [2.05, 4.69) is 10.3 Å². The van der Waals surface area contributed by atoms with Crippen molar-refractivity contribution in [3.05, 3.63) is 29.6 Å². The summed E-state index contributed by atoms with van der Waals surface area (Å²) in [5.74, 6) is -0.00116. The van der Waals surface area contributed by atoms with Crippen molar-refractivity contribution in [2.75, 3.05) is 7.05 Å². The predicted molar refractivity (Wildman–Crippen MR) is 89.7 cm³/mol. The Bertz CT molecular complexity index is 539. The number of hydrogen-bond donors (Lipinski definition) is 1. The Morgan fingerprint density at radius 3 is 2.70 bits per heavy atom. The Morgan fingerprint density at radius 2 is 2.00 bits per heavy atom. The van der Waals surface area contributed by atoms with Crippen LogP contribution in [0, 0.1) is 6.92 Å². The van der Waals surface area contributed by atoms with Crippen molar-refractivity contribution < 1.29 is 9.59 Å².